The highest BCUT2D eigenvalue weighted by atomic mass is 32.1. The molecular weight excluding hydrogens is 220 g/mol. The van der Waals surface area contributed by atoms with Crippen molar-refractivity contribution >= 4 is 22.8 Å². The molecule has 2 aromatic rings. The summed E-state index contributed by atoms with van der Waals surface area (Å²) in [6.07, 6.45) is 4.43. The van der Waals surface area contributed by atoms with E-state index in [4.69, 9.17) is 5.73 Å². The van der Waals surface area contributed by atoms with Crippen LogP contribution in [0.15, 0.2) is 23.8 Å². The summed E-state index contributed by atoms with van der Waals surface area (Å²) >= 11 is 1.67. The average molecular weight is 234 g/mol. The summed E-state index contributed by atoms with van der Waals surface area (Å²) in [6, 6.07) is 1.96. The summed E-state index contributed by atoms with van der Waals surface area (Å²) in [7, 11) is 0. The number of nitrogen functional groups attached to an aromatic ring is 1. The van der Waals surface area contributed by atoms with Crippen LogP contribution in [0, 0.1) is 6.92 Å². The first kappa shape index (κ1) is 10.9. The van der Waals surface area contributed by atoms with Gasteiger partial charge < -0.3 is 11.1 Å². The fraction of sp³-hybridized carbons (Fsp3) is 0.273. The van der Waals surface area contributed by atoms with Crippen LogP contribution in [0.4, 0.5) is 11.5 Å². The molecule has 0 bridgehead atoms. The van der Waals surface area contributed by atoms with Gasteiger partial charge in [-0.1, -0.05) is 0 Å². The molecule has 84 valence electrons. The van der Waals surface area contributed by atoms with Crippen molar-refractivity contribution in [3.63, 3.8) is 0 Å². The lowest BCUT2D eigenvalue weighted by Gasteiger charge is -2.06. The minimum atomic E-state index is 0.727. The Labute approximate surface area is 98.6 Å². The Hall–Kier alpha value is -1.62. The first-order valence-electron chi connectivity index (χ1n) is 5.10. The number of aryl methyl sites for hydroxylation is 1. The zero-order valence-electron chi connectivity index (χ0n) is 9.10. The van der Waals surface area contributed by atoms with Gasteiger partial charge in [-0.25, -0.2) is 9.97 Å². The molecule has 0 aliphatic carbocycles. The van der Waals surface area contributed by atoms with Gasteiger partial charge in [-0.05, 0) is 18.6 Å². The molecule has 2 aromatic heterocycles. The normalized spacial score (nSPS) is 10.3. The maximum atomic E-state index is 5.70. The second-order valence-electron chi connectivity index (χ2n) is 3.53. The summed E-state index contributed by atoms with van der Waals surface area (Å²) < 4.78 is 0. The minimum Gasteiger partial charge on any atom is -0.397 e. The third-order valence-electron chi connectivity index (χ3n) is 2.28. The van der Waals surface area contributed by atoms with Crippen LogP contribution in [0.25, 0.3) is 0 Å². The largest absolute Gasteiger partial charge is 0.397 e. The highest BCUT2D eigenvalue weighted by Gasteiger charge is 1.99. The van der Waals surface area contributed by atoms with E-state index in [1.165, 1.54) is 0 Å². The maximum Gasteiger partial charge on any atom is 0.126 e. The van der Waals surface area contributed by atoms with Crippen LogP contribution < -0.4 is 11.1 Å². The number of anilines is 2. The van der Waals surface area contributed by atoms with Crippen LogP contribution in [0.5, 0.6) is 0 Å². The highest BCUT2D eigenvalue weighted by molar-refractivity contribution is 7.09. The molecule has 2 heterocycles. The van der Waals surface area contributed by atoms with Crippen molar-refractivity contribution in [3.05, 3.63) is 34.4 Å². The van der Waals surface area contributed by atoms with Gasteiger partial charge in [0.15, 0.2) is 0 Å². The molecule has 0 aromatic carbocycles. The van der Waals surface area contributed by atoms with Gasteiger partial charge in [-0.3, -0.25) is 0 Å². The summed E-state index contributed by atoms with van der Waals surface area (Å²) in [6.45, 7) is 2.81. The number of rotatable bonds is 4. The average Bonchev–Trinajstić information content (AvgIpc) is 2.76. The molecule has 5 heteroatoms. The topological polar surface area (TPSA) is 63.8 Å². The van der Waals surface area contributed by atoms with Crippen molar-refractivity contribution in [2.45, 2.75) is 13.3 Å². The first-order valence-corrected chi connectivity index (χ1v) is 5.98. The van der Waals surface area contributed by atoms with Gasteiger partial charge in [-0.15, -0.1) is 11.3 Å². The molecule has 2 rings (SSSR count). The van der Waals surface area contributed by atoms with Gasteiger partial charge in [0.1, 0.15) is 5.82 Å². The van der Waals surface area contributed by atoms with Gasteiger partial charge in [0.05, 0.1) is 16.9 Å². The third-order valence-corrected chi connectivity index (χ3v) is 3.12. The fourth-order valence-electron chi connectivity index (χ4n) is 1.34. The molecule has 0 aliphatic rings. The Morgan fingerprint density at radius 3 is 3.00 bits per heavy atom. The zero-order chi connectivity index (χ0) is 11.4. The lowest BCUT2D eigenvalue weighted by atomic mass is 10.2. The minimum absolute atomic E-state index is 0.727. The lowest BCUT2D eigenvalue weighted by Crippen LogP contribution is -2.06. The Kier molecular flexibility index (Phi) is 3.36. The molecule has 0 radical (unpaired) electrons. The van der Waals surface area contributed by atoms with E-state index in [-0.39, 0.29) is 0 Å². The number of nitrogens with two attached hydrogens (primary N) is 1. The van der Waals surface area contributed by atoms with Gasteiger partial charge in [-0.2, -0.15) is 0 Å². The molecule has 16 heavy (non-hydrogen) atoms. The van der Waals surface area contributed by atoms with Crippen LogP contribution in [0.1, 0.15) is 10.6 Å². The number of hydrogen-bond acceptors (Lipinski definition) is 5. The number of pyridine rings is 1. The summed E-state index contributed by atoms with van der Waals surface area (Å²) in [5.74, 6) is 0.864. The number of nitrogens with zero attached hydrogens (tertiary/aromatic N) is 2. The predicted molar refractivity (Wildman–Crippen MR) is 67.7 cm³/mol. The lowest BCUT2D eigenvalue weighted by molar-refractivity contribution is 0.987. The Morgan fingerprint density at radius 2 is 2.31 bits per heavy atom. The smallest absolute Gasteiger partial charge is 0.126 e. The molecule has 0 aliphatic heterocycles. The standard InChI is InChI=1S/C11H14N4S/c1-8-6-10(15-7-9(8)12)13-3-2-11-14-4-5-16-11/h4-7H,2-3,12H2,1H3,(H,13,15). The molecule has 0 amide bonds. The van der Waals surface area contributed by atoms with Gasteiger partial charge in [0.25, 0.3) is 0 Å². The number of aromatic nitrogens is 2. The molecule has 0 fully saturated rings. The van der Waals surface area contributed by atoms with Crippen LogP contribution in [-0.4, -0.2) is 16.5 Å². The number of hydrogen-bond donors (Lipinski definition) is 2. The van der Waals surface area contributed by atoms with Crippen molar-refractivity contribution in [3.8, 4) is 0 Å². The SMILES string of the molecule is Cc1cc(NCCc2nccs2)ncc1N. The summed E-state index contributed by atoms with van der Waals surface area (Å²) in [5, 5.41) is 6.38. The van der Waals surface area contributed by atoms with Crippen LogP contribution in [0.2, 0.25) is 0 Å². The summed E-state index contributed by atoms with van der Waals surface area (Å²) in [5.41, 5.74) is 7.47. The molecule has 4 nitrogen and oxygen atoms in total. The van der Waals surface area contributed by atoms with Crippen molar-refractivity contribution in [1.29, 1.82) is 0 Å². The van der Waals surface area contributed by atoms with E-state index in [1.54, 1.807) is 17.5 Å². The van der Waals surface area contributed by atoms with E-state index in [2.05, 4.69) is 15.3 Å². The van der Waals surface area contributed by atoms with Gasteiger partial charge in [0.2, 0.25) is 0 Å². The first-order chi connectivity index (χ1) is 7.75. The molecular formula is C11H14N4S. The van der Waals surface area contributed by atoms with E-state index in [1.807, 2.05) is 24.6 Å². The predicted octanol–water partition coefficient (Wildman–Crippen LogP) is 2.08. The third kappa shape index (κ3) is 2.70. The quantitative estimate of drug-likeness (QED) is 0.850. The van der Waals surface area contributed by atoms with Crippen LogP contribution in [-0.2, 0) is 6.42 Å². The Bertz CT molecular complexity index is 453. The zero-order valence-corrected chi connectivity index (χ0v) is 9.92. The Morgan fingerprint density at radius 1 is 1.44 bits per heavy atom. The van der Waals surface area contributed by atoms with E-state index in [0.29, 0.717) is 0 Å². The molecule has 0 saturated carbocycles. The van der Waals surface area contributed by atoms with E-state index >= 15 is 0 Å². The van der Waals surface area contributed by atoms with Crippen molar-refractivity contribution in [2.24, 2.45) is 0 Å². The molecule has 0 atom stereocenters. The second kappa shape index (κ2) is 4.94. The van der Waals surface area contributed by atoms with Crippen LogP contribution in [0.3, 0.4) is 0 Å². The van der Waals surface area contributed by atoms with Crippen LogP contribution >= 0.6 is 11.3 Å². The molecule has 0 spiro atoms. The van der Waals surface area contributed by atoms with Gasteiger partial charge >= 0.3 is 0 Å². The second-order valence-corrected chi connectivity index (χ2v) is 4.51. The van der Waals surface area contributed by atoms with E-state index < -0.39 is 0 Å². The maximum absolute atomic E-state index is 5.70. The highest BCUT2D eigenvalue weighted by Crippen LogP contribution is 2.13. The van der Waals surface area contributed by atoms with Crippen molar-refractivity contribution in [2.75, 3.05) is 17.6 Å². The molecule has 0 unspecified atom stereocenters. The van der Waals surface area contributed by atoms with Gasteiger partial charge in [0, 0.05) is 24.5 Å². The number of thiazole rings is 1. The number of nitrogens with one attached hydrogen (secondary N) is 1. The Balaban J connectivity index is 1.87. The van der Waals surface area contributed by atoms with E-state index in [9.17, 15) is 0 Å². The van der Waals surface area contributed by atoms with Crippen molar-refractivity contribution < 1.29 is 0 Å². The summed E-state index contributed by atoms with van der Waals surface area (Å²) in [4.78, 5) is 8.42. The molecule has 0 saturated heterocycles. The fourth-order valence-corrected chi connectivity index (χ4v) is 1.96. The van der Waals surface area contributed by atoms with Crippen molar-refractivity contribution in [1.82, 2.24) is 9.97 Å². The van der Waals surface area contributed by atoms with E-state index in [0.717, 1.165) is 35.0 Å². The molecule has 3 N–H and O–H groups in total. The monoisotopic (exact) mass is 234 g/mol.